The largest absolute Gasteiger partial charge is 0.386 e. The summed E-state index contributed by atoms with van der Waals surface area (Å²) in [6, 6.07) is 5.80. The first kappa shape index (κ1) is 10.2. The van der Waals surface area contributed by atoms with Gasteiger partial charge in [0.05, 0.1) is 0 Å². The Hall–Kier alpha value is -1.91. The van der Waals surface area contributed by atoms with E-state index in [0.717, 1.165) is 0 Å². The Morgan fingerprint density at radius 2 is 2.00 bits per heavy atom. The molecule has 0 saturated carbocycles. The zero-order valence-electron chi connectivity index (χ0n) is 7.74. The third-order valence-electron chi connectivity index (χ3n) is 1.44. The molecule has 0 aliphatic heterocycles. The van der Waals surface area contributed by atoms with Gasteiger partial charge in [0.2, 0.25) is 0 Å². The average Bonchev–Trinajstić information content (AvgIpc) is 2.14. The summed E-state index contributed by atoms with van der Waals surface area (Å²) in [5.41, 5.74) is 11.3. The first-order valence-corrected chi connectivity index (χ1v) is 3.98. The van der Waals surface area contributed by atoms with Gasteiger partial charge < -0.3 is 11.5 Å². The van der Waals surface area contributed by atoms with Crippen LogP contribution in [0.3, 0.4) is 0 Å². The van der Waals surface area contributed by atoms with Crippen LogP contribution in [0.5, 0.6) is 0 Å². The SMILES string of the molecule is C/C(N)=N/N=C(\N)c1cccc(F)c1. The molecular weight excluding hydrogens is 183 g/mol. The molecule has 0 aromatic heterocycles. The molecular formula is C9H11FN4. The lowest BCUT2D eigenvalue weighted by molar-refractivity contribution is 0.627. The fourth-order valence-electron chi connectivity index (χ4n) is 0.838. The Balaban J connectivity index is 2.95. The van der Waals surface area contributed by atoms with Gasteiger partial charge in [-0.1, -0.05) is 12.1 Å². The monoisotopic (exact) mass is 194 g/mol. The Bertz CT molecular complexity index is 380. The number of nitrogens with zero attached hydrogens (tertiary/aromatic N) is 2. The van der Waals surface area contributed by atoms with Crippen LogP contribution >= 0.6 is 0 Å². The van der Waals surface area contributed by atoms with Gasteiger partial charge in [-0.25, -0.2) is 4.39 Å². The van der Waals surface area contributed by atoms with E-state index in [1.54, 1.807) is 19.1 Å². The highest BCUT2D eigenvalue weighted by molar-refractivity contribution is 5.97. The molecule has 1 rings (SSSR count). The van der Waals surface area contributed by atoms with Crippen LogP contribution < -0.4 is 11.5 Å². The maximum Gasteiger partial charge on any atom is 0.153 e. The van der Waals surface area contributed by atoms with Gasteiger partial charge in [0.1, 0.15) is 11.7 Å². The molecule has 0 atom stereocenters. The van der Waals surface area contributed by atoms with Crippen LogP contribution in [0.4, 0.5) is 4.39 Å². The van der Waals surface area contributed by atoms with E-state index < -0.39 is 0 Å². The molecule has 1 aromatic rings. The van der Waals surface area contributed by atoms with Crippen LogP contribution in [0, 0.1) is 5.82 Å². The Labute approximate surface area is 81.1 Å². The van der Waals surface area contributed by atoms with Crippen molar-refractivity contribution in [3.8, 4) is 0 Å². The van der Waals surface area contributed by atoms with E-state index >= 15 is 0 Å². The molecule has 0 saturated heterocycles. The summed E-state index contributed by atoms with van der Waals surface area (Å²) in [7, 11) is 0. The Kier molecular flexibility index (Phi) is 3.17. The van der Waals surface area contributed by atoms with Crippen molar-refractivity contribution in [1.29, 1.82) is 0 Å². The summed E-state index contributed by atoms with van der Waals surface area (Å²) in [5, 5.41) is 7.19. The molecule has 0 amide bonds. The molecule has 0 heterocycles. The number of hydrogen-bond acceptors (Lipinski definition) is 2. The van der Waals surface area contributed by atoms with Crippen LogP contribution in [0.1, 0.15) is 12.5 Å². The molecule has 0 spiro atoms. The average molecular weight is 194 g/mol. The summed E-state index contributed by atoms with van der Waals surface area (Å²) in [5.74, 6) is 0.0627. The third kappa shape index (κ3) is 2.85. The van der Waals surface area contributed by atoms with Crippen molar-refractivity contribution in [3.05, 3.63) is 35.6 Å². The highest BCUT2D eigenvalue weighted by Gasteiger charge is 1.98. The molecule has 0 unspecified atom stereocenters. The molecule has 14 heavy (non-hydrogen) atoms. The van der Waals surface area contributed by atoms with Gasteiger partial charge in [-0.15, -0.1) is 10.2 Å². The van der Waals surface area contributed by atoms with Gasteiger partial charge in [-0.2, -0.15) is 0 Å². The van der Waals surface area contributed by atoms with Gasteiger partial charge in [0.25, 0.3) is 0 Å². The van der Waals surface area contributed by atoms with Crippen molar-refractivity contribution in [3.63, 3.8) is 0 Å². The van der Waals surface area contributed by atoms with E-state index in [0.29, 0.717) is 11.4 Å². The third-order valence-corrected chi connectivity index (χ3v) is 1.44. The molecule has 4 nitrogen and oxygen atoms in total. The van der Waals surface area contributed by atoms with Gasteiger partial charge in [0, 0.05) is 5.56 Å². The molecule has 0 radical (unpaired) electrons. The van der Waals surface area contributed by atoms with Crippen molar-refractivity contribution in [2.75, 3.05) is 0 Å². The molecule has 74 valence electrons. The molecule has 4 N–H and O–H groups in total. The standard InChI is InChI=1S/C9H11FN4/c1-6(11)13-14-9(12)7-3-2-4-8(10)5-7/h2-5H,1H3,(H2,11,13)(H2,12,14). The molecule has 0 aliphatic carbocycles. The van der Waals surface area contributed by atoms with Crippen LogP contribution in [-0.4, -0.2) is 11.7 Å². The highest BCUT2D eigenvalue weighted by atomic mass is 19.1. The van der Waals surface area contributed by atoms with E-state index in [4.69, 9.17) is 11.5 Å². The summed E-state index contributed by atoms with van der Waals surface area (Å²) >= 11 is 0. The Morgan fingerprint density at radius 3 is 2.57 bits per heavy atom. The van der Waals surface area contributed by atoms with Crippen molar-refractivity contribution < 1.29 is 4.39 Å². The number of amidine groups is 2. The Morgan fingerprint density at radius 1 is 1.29 bits per heavy atom. The van der Waals surface area contributed by atoms with E-state index in [1.165, 1.54) is 12.1 Å². The van der Waals surface area contributed by atoms with Crippen molar-refractivity contribution >= 4 is 11.7 Å². The molecule has 1 aromatic carbocycles. The van der Waals surface area contributed by atoms with E-state index in [2.05, 4.69) is 10.2 Å². The van der Waals surface area contributed by atoms with Crippen molar-refractivity contribution in [2.45, 2.75) is 6.92 Å². The minimum Gasteiger partial charge on any atom is -0.386 e. The minimum atomic E-state index is -0.367. The van der Waals surface area contributed by atoms with Gasteiger partial charge in [-0.05, 0) is 19.1 Å². The number of hydrogen-bond donors (Lipinski definition) is 2. The van der Waals surface area contributed by atoms with E-state index in [9.17, 15) is 4.39 Å². The second kappa shape index (κ2) is 4.36. The molecule has 5 heteroatoms. The molecule has 0 aliphatic rings. The van der Waals surface area contributed by atoms with Crippen LogP contribution in [0.15, 0.2) is 34.5 Å². The van der Waals surface area contributed by atoms with Gasteiger partial charge >= 0.3 is 0 Å². The van der Waals surface area contributed by atoms with Crippen molar-refractivity contribution in [1.82, 2.24) is 0 Å². The minimum absolute atomic E-state index is 0.134. The summed E-state index contributed by atoms with van der Waals surface area (Å²) in [6.07, 6.45) is 0. The molecule has 0 fully saturated rings. The van der Waals surface area contributed by atoms with Crippen LogP contribution in [-0.2, 0) is 0 Å². The van der Waals surface area contributed by atoms with E-state index in [-0.39, 0.29) is 11.7 Å². The first-order valence-electron chi connectivity index (χ1n) is 3.98. The van der Waals surface area contributed by atoms with Crippen LogP contribution in [0.25, 0.3) is 0 Å². The smallest absolute Gasteiger partial charge is 0.153 e. The predicted octanol–water partition coefficient (Wildman–Crippen LogP) is 0.823. The topological polar surface area (TPSA) is 76.8 Å². The van der Waals surface area contributed by atoms with Gasteiger partial charge in [-0.3, -0.25) is 0 Å². The van der Waals surface area contributed by atoms with Crippen LogP contribution in [0.2, 0.25) is 0 Å². The fraction of sp³-hybridized carbons (Fsp3) is 0.111. The number of benzene rings is 1. The normalized spacial score (nSPS) is 13.0. The second-order valence-corrected chi connectivity index (χ2v) is 2.74. The van der Waals surface area contributed by atoms with E-state index in [1.807, 2.05) is 0 Å². The second-order valence-electron chi connectivity index (χ2n) is 2.74. The number of halogens is 1. The quantitative estimate of drug-likeness (QED) is 0.415. The summed E-state index contributed by atoms with van der Waals surface area (Å²) < 4.78 is 12.8. The zero-order chi connectivity index (χ0) is 10.6. The number of rotatable bonds is 2. The fourth-order valence-corrected chi connectivity index (χ4v) is 0.838. The van der Waals surface area contributed by atoms with Gasteiger partial charge in [0.15, 0.2) is 5.84 Å². The zero-order valence-corrected chi connectivity index (χ0v) is 7.74. The summed E-state index contributed by atoms with van der Waals surface area (Å²) in [6.45, 7) is 1.59. The maximum atomic E-state index is 12.8. The van der Waals surface area contributed by atoms with Crippen molar-refractivity contribution in [2.24, 2.45) is 21.7 Å². The summed E-state index contributed by atoms with van der Waals surface area (Å²) in [4.78, 5) is 0. The number of nitrogens with two attached hydrogens (primary N) is 2. The lowest BCUT2D eigenvalue weighted by Crippen LogP contribution is -2.14. The predicted molar refractivity (Wildman–Crippen MR) is 54.4 cm³/mol. The lowest BCUT2D eigenvalue weighted by atomic mass is 10.2. The molecule has 0 bridgehead atoms. The maximum absolute atomic E-state index is 12.8. The highest BCUT2D eigenvalue weighted by Crippen LogP contribution is 2.02. The lowest BCUT2D eigenvalue weighted by Gasteiger charge is -1.97. The first-order chi connectivity index (χ1) is 6.59.